The van der Waals surface area contributed by atoms with Gasteiger partial charge in [-0.2, -0.15) is 0 Å². The van der Waals surface area contributed by atoms with Gasteiger partial charge in [0.1, 0.15) is 11.5 Å². The molecule has 0 bridgehead atoms. The van der Waals surface area contributed by atoms with Gasteiger partial charge < -0.3 is 10.2 Å². The molecular formula is C20H20N2O2. The van der Waals surface area contributed by atoms with E-state index in [2.05, 4.69) is 23.1 Å². The first-order valence-electron chi connectivity index (χ1n) is 7.54. The Morgan fingerprint density at radius 1 is 0.750 bits per heavy atom. The van der Waals surface area contributed by atoms with Crippen LogP contribution in [0.15, 0.2) is 59.5 Å². The summed E-state index contributed by atoms with van der Waals surface area (Å²) in [5.74, 6) is 0.359. The van der Waals surface area contributed by atoms with Gasteiger partial charge in [0.15, 0.2) is 0 Å². The fraction of sp³-hybridized carbons (Fsp3) is 0.100. The van der Waals surface area contributed by atoms with Crippen molar-refractivity contribution in [2.45, 2.75) is 0 Å². The molecule has 0 spiro atoms. The summed E-state index contributed by atoms with van der Waals surface area (Å²) in [6.07, 6.45) is 6.66. The van der Waals surface area contributed by atoms with Crippen molar-refractivity contribution in [1.29, 1.82) is 0 Å². The second-order valence-corrected chi connectivity index (χ2v) is 5.12. The Kier molecular flexibility index (Phi) is 6.08. The van der Waals surface area contributed by atoms with Crippen molar-refractivity contribution < 1.29 is 10.2 Å². The van der Waals surface area contributed by atoms with Crippen LogP contribution in [0.5, 0.6) is 11.5 Å². The summed E-state index contributed by atoms with van der Waals surface area (Å²) in [7, 11) is 0. The predicted octanol–water partition coefficient (Wildman–Crippen LogP) is 3.92. The van der Waals surface area contributed by atoms with E-state index in [1.807, 2.05) is 12.1 Å². The number of aliphatic imine (C=N–C) groups is 2. The lowest BCUT2D eigenvalue weighted by Crippen LogP contribution is -1.92. The Bertz CT molecular complexity index is 725. The Morgan fingerprint density at radius 2 is 1.17 bits per heavy atom. The Labute approximate surface area is 141 Å². The maximum atomic E-state index is 9.77. The summed E-state index contributed by atoms with van der Waals surface area (Å²) >= 11 is 0. The van der Waals surface area contributed by atoms with Crippen LogP contribution in [0, 0.1) is 0 Å². The normalized spacial score (nSPS) is 11.2. The third kappa shape index (κ3) is 4.68. The zero-order chi connectivity index (χ0) is 17.4. The van der Waals surface area contributed by atoms with E-state index in [-0.39, 0.29) is 11.5 Å². The SMILES string of the molecule is C=Cc1ccc(O)c(C=NCCN=Cc2cc(C=C)ccc2O)c1. The second-order valence-electron chi connectivity index (χ2n) is 5.12. The summed E-state index contributed by atoms with van der Waals surface area (Å²) < 4.78 is 0. The van der Waals surface area contributed by atoms with Gasteiger partial charge in [0.2, 0.25) is 0 Å². The molecule has 0 saturated carbocycles. The van der Waals surface area contributed by atoms with Crippen LogP contribution in [0.3, 0.4) is 0 Å². The second kappa shape index (κ2) is 8.48. The third-order valence-electron chi connectivity index (χ3n) is 3.39. The number of hydrogen-bond acceptors (Lipinski definition) is 4. The number of rotatable bonds is 7. The average Bonchev–Trinajstić information content (AvgIpc) is 2.60. The molecule has 4 heteroatoms. The highest BCUT2D eigenvalue weighted by Crippen LogP contribution is 2.18. The van der Waals surface area contributed by atoms with Gasteiger partial charge in [0.25, 0.3) is 0 Å². The summed E-state index contributed by atoms with van der Waals surface area (Å²) in [6, 6.07) is 10.4. The number of aromatic hydroxyl groups is 2. The third-order valence-corrected chi connectivity index (χ3v) is 3.39. The molecule has 0 aliphatic rings. The lowest BCUT2D eigenvalue weighted by atomic mass is 10.1. The van der Waals surface area contributed by atoms with Crippen molar-refractivity contribution in [3.05, 3.63) is 71.8 Å². The molecule has 0 radical (unpaired) electrons. The summed E-state index contributed by atoms with van der Waals surface area (Å²) in [6.45, 7) is 8.36. The fourth-order valence-electron chi connectivity index (χ4n) is 2.05. The van der Waals surface area contributed by atoms with Crippen LogP contribution < -0.4 is 0 Å². The standard InChI is InChI=1S/C20H20N2O2/c1-3-15-5-7-19(23)17(11-15)13-21-9-10-22-14-18-12-16(4-2)6-8-20(18)24/h3-8,11-14,23-24H,1-2,9-10H2. The minimum absolute atomic E-state index is 0.180. The topological polar surface area (TPSA) is 65.2 Å². The van der Waals surface area contributed by atoms with Gasteiger partial charge in [0.05, 0.1) is 13.1 Å². The number of hydrogen-bond donors (Lipinski definition) is 2. The van der Waals surface area contributed by atoms with Crippen molar-refractivity contribution >= 4 is 24.6 Å². The molecule has 2 N–H and O–H groups in total. The molecule has 2 aromatic carbocycles. The maximum absolute atomic E-state index is 9.77. The number of nitrogens with zero attached hydrogens (tertiary/aromatic N) is 2. The molecule has 2 aromatic rings. The maximum Gasteiger partial charge on any atom is 0.124 e. The highest BCUT2D eigenvalue weighted by Gasteiger charge is 1.99. The lowest BCUT2D eigenvalue weighted by Gasteiger charge is -2.01. The quantitative estimate of drug-likeness (QED) is 0.600. The van der Waals surface area contributed by atoms with Crippen LogP contribution in [0.4, 0.5) is 0 Å². The average molecular weight is 320 g/mol. The van der Waals surface area contributed by atoms with Crippen LogP contribution in [0.2, 0.25) is 0 Å². The molecule has 0 aliphatic heterocycles. The largest absolute Gasteiger partial charge is 0.507 e. The fourth-order valence-corrected chi connectivity index (χ4v) is 2.05. The Morgan fingerprint density at radius 3 is 1.54 bits per heavy atom. The van der Waals surface area contributed by atoms with Gasteiger partial charge in [-0.25, -0.2) is 0 Å². The van der Waals surface area contributed by atoms with Gasteiger partial charge >= 0.3 is 0 Å². The highest BCUT2D eigenvalue weighted by molar-refractivity contribution is 5.85. The molecule has 0 unspecified atom stereocenters. The van der Waals surface area contributed by atoms with E-state index in [4.69, 9.17) is 0 Å². The van der Waals surface area contributed by atoms with Crippen LogP contribution in [0.25, 0.3) is 12.2 Å². The first-order chi connectivity index (χ1) is 11.6. The Balaban J connectivity index is 1.93. The summed E-state index contributed by atoms with van der Waals surface area (Å²) in [5, 5.41) is 19.5. The minimum atomic E-state index is 0.180. The van der Waals surface area contributed by atoms with E-state index in [9.17, 15) is 10.2 Å². The molecule has 0 aliphatic carbocycles. The zero-order valence-corrected chi connectivity index (χ0v) is 13.4. The first kappa shape index (κ1) is 17.2. The van der Waals surface area contributed by atoms with Crippen LogP contribution in [-0.4, -0.2) is 35.7 Å². The molecule has 0 heterocycles. The molecule has 4 nitrogen and oxygen atoms in total. The van der Waals surface area contributed by atoms with Gasteiger partial charge in [-0.3, -0.25) is 9.98 Å². The molecule has 0 amide bonds. The molecule has 0 aromatic heterocycles. The molecule has 0 fully saturated rings. The number of phenolic OH excluding ortho intramolecular Hbond substituents is 2. The van der Waals surface area contributed by atoms with E-state index < -0.39 is 0 Å². The van der Waals surface area contributed by atoms with Gasteiger partial charge in [-0.15, -0.1) is 0 Å². The van der Waals surface area contributed by atoms with Crippen molar-refractivity contribution in [2.75, 3.05) is 13.1 Å². The Hall–Kier alpha value is -3.14. The van der Waals surface area contributed by atoms with Crippen molar-refractivity contribution in [2.24, 2.45) is 9.98 Å². The lowest BCUT2D eigenvalue weighted by molar-refractivity contribution is 0.474. The van der Waals surface area contributed by atoms with Gasteiger partial charge in [-0.05, 0) is 35.4 Å². The van der Waals surface area contributed by atoms with Crippen molar-refractivity contribution in [1.82, 2.24) is 0 Å². The molecule has 122 valence electrons. The molecular weight excluding hydrogens is 300 g/mol. The summed E-state index contributed by atoms with van der Waals surface area (Å²) in [5.41, 5.74) is 3.13. The predicted molar refractivity (Wildman–Crippen MR) is 101 cm³/mol. The number of benzene rings is 2. The van der Waals surface area contributed by atoms with Crippen LogP contribution >= 0.6 is 0 Å². The highest BCUT2D eigenvalue weighted by atomic mass is 16.3. The molecule has 24 heavy (non-hydrogen) atoms. The van der Waals surface area contributed by atoms with Crippen molar-refractivity contribution in [3.8, 4) is 11.5 Å². The van der Waals surface area contributed by atoms with E-state index in [1.165, 1.54) is 0 Å². The van der Waals surface area contributed by atoms with Gasteiger partial charge in [0, 0.05) is 23.6 Å². The molecule has 2 rings (SSSR count). The van der Waals surface area contributed by atoms with Crippen LogP contribution in [0.1, 0.15) is 22.3 Å². The van der Waals surface area contributed by atoms with E-state index in [0.29, 0.717) is 24.2 Å². The van der Waals surface area contributed by atoms with Gasteiger partial charge in [-0.1, -0.05) is 37.4 Å². The minimum Gasteiger partial charge on any atom is -0.507 e. The molecule has 0 atom stereocenters. The smallest absolute Gasteiger partial charge is 0.124 e. The number of phenols is 2. The van der Waals surface area contributed by atoms with E-state index >= 15 is 0 Å². The van der Waals surface area contributed by atoms with Crippen LogP contribution in [-0.2, 0) is 0 Å². The monoisotopic (exact) mass is 320 g/mol. The summed E-state index contributed by atoms with van der Waals surface area (Å²) in [4.78, 5) is 8.51. The molecule has 0 saturated heterocycles. The van der Waals surface area contributed by atoms with E-state index in [0.717, 1.165) is 11.1 Å². The van der Waals surface area contributed by atoms with Crippen molar-refractivity contribution in [3.63, 3.8) is 0 Å². The van der Waals surface area contributed by atoms with E-state index in [1.54, 1.807) is 48.8 Å². The first-order valence-corrected chi connectivity index (χ1v) is 7.54. The zero-order valence-electron chi connectivity index (χ0n) is 13.4.